The van der Waals surface area contributed by atoms with Crippen molar-refractivity contribution in [1.29, 1.82) is 0 Å². The number of hydrogen-bond donors (Lipinski definition) is 0. The molecule has 72 valence electrons. The Morgan fingerprint density at radius 1 is 1.21 bits per heavy atom. The van der Waals surface area contributed by atoms with E-state index in [2.05, 4.69) is 4.98 Å². The van der Waals surface area contributed by atoms with Crippen molar-refractivity contribution >= 4 is 22.4 Å². The zero-order valence-corrected chi connectivity index (χ0v) is 8.80. The molecule has 2 nitrogen and oxygen atoms in total. The van der Waals surface area contributed by atoms with E-state index < -0.39 is 0 Å². The van der Waals surface area contributed by atoms with E-state index in [1.54, 1.807) is 13.3 Å². The summed E-state index contributed by atoms with van der Waals surface area (Å²) in [7, 11) is 1.66. The number of rotatable bonds is 1. The molecule has 0 spiro atoms. The van der Waals surface area contributed by atoms with E-state index in [1.165, 1.54) is 0 Å². The molecule has 0 fully saturated rings. The first kappa shape index (κ1) is 9.28. The number of aromatic nitrogens is 1. The van der Waals surface area contributed by atoms with E-state index in [1.807, 2.05) is 25.1 Å². The van der Waals surface area contributed by atoms with Crippen molar-refractivity contribution in [1.82, 2.24) is 4.98 Å². The van der Waals surface area contributed by atoms with Crippen LogP contribution in [0.4, 0.5) is 0 Å². The number of halogens is 1. The highest BCUT2D eigenvalue weighted by atomic mass is 35.5. The summed E-state index contributed by atoms with van der Waals surface area (Å²) in [5, 5.41) is 2.45. The molecule has 2 aromatic rings. The molecule has 0 bridgehead atoms. The quantitative estimate of drug-likeness (QED) is 0.670. The van der Waals surface area contributed by atoms with Crippen molar-refractivity contribution in [2.45, 2.75) is 6.92 Å². The van der Waals surface area contributed by atoms with E-state index in [4.69, 9.17) is 16.3 Å². The predicted octanol–water partition coefficient (Wildman–Crippen LogP) is 3.21. The fourth-order valence-electron chi connectivity index (χ4n) is 1.57. The summed E-state index contributed by atoms with van der Waals surface area (Å²) >= 11 is 5.97. The second-order valence-corrected chi connectivity index (χ2v) is 3.47. The molecule has 0 N–H and O–H groups in total. The average molecular weight is 208 g/mol. The molecule has 0 atom stereocenters. The summed E-state index contributed by atoms with van der Waals surface area (Å²) in [5.41, 5.74) is 1.10. The summed E-state index contributed by atoms with van der Waals surface area (Å²) in [5.74, 6) is 0.867. The third-order valence-corrected chi connectivity index (χ3v) is 2.55. The lowest BCUT2D eigenvalue weighted by atomic mass is 10.1. The van der Waals surface area contributed by atoms with Gasteiger partial charge in [0.2, 0.25) is 0 Å². The Bertz CT molecular complexity index is 482. The van der Waals surface area contributed by atoms with Crippen molar-refractivity contribution in [3.05, 3.63) is 35.1 Å². The van der Waals surface area contributed by atoms with Crippen LogP contribution in [-0.2, 0) is 0 Å². The highest BCUT2D eigenvalue weighted by molar-refractivity contribution is 6.34. The number of aryl methyl sites for hydroxylation is 1. The molecule has 0 aliphatic rings. The number of pyridine rings is 1. The van der Waals surface area contributed by atoms with Gasteiger partial charge in [0.05, 0.1) is 7.11 Å². The highest BCUT2D eigenvalue weighted by Crippen LogP contribution is 2.31. The largest absolute Gasteiger partial charge is 0.496 e. The molecule has 0 amide bonds. The Balaban J connectivity index is 2.88. The van der Waals surface area contributed by atoms with E-state index >= 15 is 0 Å². The van der Waals surface area contributed by atoms with Gasteiger partial charge >= 0.3 is 0 Å². The van der Waals surface area contributed by atoms with Crippen LogP contribution < -0.4 is 4.74 Å². The monoisotopic (exact) mass is 207 g/mol. The predicted molar refractivity (Wildman–Crippen MR) is 58.0 cm³/mol. The maximum absolute atomic E-state index is 5.97. The number of methoxy groups -OCH3 is 1. The zero-order valence-electron chi connectivity index (χ0n) is 8.04. The maximum Gasteiger partial charge on any atom is 0.136 e. The van der Waals surface area contributed by atoms with Crippen LogP contribution in [0.5, 0.6) is 5.75 Å². The van der Waals surface area contributed by atoms with Gasteiger partial charge in [0.1, 0.15) is 10.9 Å². The van der Waals surface area contributed by atoms with Crippen LogP contribution in [-0.4, -0.2) is 12.1 Å². The van der Waals surface area contributed by atoms with Gasteiger partial charge in [-0.25, -0.2) is 4.98 Å². The molecule has 2 rings (SSSR count). The Labute approximate surface area is 87.5 Å². The minimum Gasteiger partial charge on any atom is -0.496 e. The Hall–Kier alpha value is -1.28. The normalized spacial score (nSPS) is 10.5. The zero-order chi connectivity index (χ0) is 10.1. The summed E-state index contributed by atoms with van der Waals surface area (Å²) in [6, 6.07) is 5.85. The second kappa shape index (κ2) is 3.46. The number of hydrogen-bond acceptors (Lipinski definition) is 2. The van der Waals surface area contributed by atoms with Gasteiger partial charge in [0.25, 0.3) is 0 Å². The van der Waals surface area contributed by atoms with Gasteiger partial charge in [0.15, 0.2) is 0 Å². The third kappa shape index (κ3) is 1.32. The molecule has 0 radical (unpaired) electrons. The van der Waals surface area contributed by atoms with E-state index in [-0.39, 0.29) is 0 Å². The molecular formula is C11H10ClNO. The number of nitrogens with zero attached hydrogens (tertiary/aromatic N) is 1. The molecule has 3 heteroatoms. The lowest BCUT2D eigenvalue weighted by Gasteiger charge is -2.08. The minimum absolute atomic E-state index is 0.515. The summed E-state index contributed by atoms with van der Waals surface area (Å²) in [6.07, 6.45) is 1.69. The number of fused-ring (bicyclic) bond motifs is 1. The minimum atomic E-state index is 0.515. The van der Waals surface area contributed by atoms with E-state index in [9.17, 15) is 0 Å². The third-order valence-electron chi connectivity index (χ3n) is 2.25. The van der Waals surface area contributed by atoms with Crippen LogP contribution >= 0.6 is 11.6 Å². The van der Waals surface area contributed by atoms with Gasteiger partial charge in [-0.15, -0.1) is 0 Å². The van der Waals surface area contributed by atoms with Crippen molar-refractivity contribution in [2.75, 3.05) is 7.11 Å². The molecule has 0 saturated carbocycles. The van der Waals surface area contributed by atoms with Gasteiger partial charge < -0.3 is 4.74 Å². The van der Waals surface area contributed by atoms with Crippen molar-refractivity contribution in [2.24, 2.45) is 0 Å². The molecule has 0 unspecified atom stereocenters. The summed E-state index contributed by atoms with van der Waals surface area (Å²) in [4.78, 5) is 4.02. The Morgan fingerprint density at radius 2 is 2.00 bits per heavy atom. The molecule has 0 saturated heterocycles. The molecular weight excluding hydrogens is 198 g/mol. The first-order chi connectivity index (χ1) is 6.74. The standard InChI is InChI=1S/C11H10ClNO/c1-7-3-4-9-8(10(7)14-2)5-6-13-11(9)12/h3-6H,1-2H3. The second-order valence-electron chi connectivity index (χ2n) is 3.11. The number of benzene rings is 1. The topological polar surface area (TPSA) is 22.1 Å². The van der Waals surface area contributed by atoms with Crippen LogP contribution in [0.15, 0.2) is 24.4 Å². The van der Waals surface area contributed by atoms with Crippen LogP contribution in [0.1, 0.15) is 5.56 Å². The van der Waals surface area contributed by atoms with Crippen molar-refractivity contribution in [3.8, 4) is 5.75 Å². The summed E-state index contributed by atoms with van der Waals surface area (Å²) in [6.45, 7) is 2.01. The van der Waals surface area contributed by atoms with Gasteiger partial charge in [-0.3, -0.25) is 0 Å². The molecule has 1 heterocycles. The SMILES string of the molecule is COc1c(C)ccc2c(Cl)nccc12. The van der Waals surface area contributed by atoms with Gasteiger partial charge in [-0.2, -0.15) is 0 Å². The highest BCUT2D eigenvalue weighted by Gasteiger charge is 2.07. The van der Waals surface area contributed by atoms with Gasteiger partial charge in [-0.1, -0.05) is 23.7 Å². The van der Waals surface area contributed by atoms with Gasteiger partial charge in [0, 0.05) is 17.0 Å². The molecule has 14 heavy (non-hydrogen) atoms. The van der Waals surface area contributed by atoms with Crippen LogP contribution in [0.2, 0.25) is 5.15 Å². The lowest BCUT2D eigenvalue weighted by molar-refractivity contribution is 0.417. The summed E-state index contributed by atoms with van der Waals surface area (Å²) < 4.78 is 5.33. The van der Waals surface area contributed by atoms with Crippen molar-refractivity contribution in [3.63, 3.8) is 0 Å². The fourth-order valence-corrected chi connectivity index (χ4v) is 1.79. The fraction of sp³-hybridized carbons (Fsp3) is 0.182. The number of ether oxygens (including phenoxy) is 1. The van der Waals surface area contributed by atoms with E-state index in [0.717, 1.165) is 22.1 Å². The average Bonchev–Trinajstić information content (AvgIpc) is 2.18. The molecule has 0 aliphatic carbocycles. The first-order valence-corrected chi connectivity index (χ1v) is 4.69. The lowest BCUT2D eigenvalue weighted by Crippen LogP contribution is -1.89. The Morgan fingerprint density at radius 3 is 2.71 bits per heavy atom. The molecule has 1 aromatic heterocycles. The van der Waals surface area contributed by atoms with Crippen LogP contribution in [0.25, 0.3) is 10.8 Å². The van der Waals surface area contributed by atoms with E-state index in [0.29, 0.717) is 5.15 Å². The first-order valence-electron chi connectivity index (χ1n) is 4.32. The Kier molecular flexibility index (Phi) is 2.30. The molecule has 1 aromatic carbocycles. The van der Waals surface area contributed by atoms with Crippen LogP contribution in [0, 0.1) is 6.92 Å². The van der Waals surface area contributed by atoms with Crippen molar-refractivity contribution < 1.29 is 4.74 Å². The van der Waals surface area contributed by atoms with Gasteiger partial charge in [-0.05, 0) is 18.6 Å². The smallest absolute Gasteiger partial charge is 0.136 e. The van der Waals surface area contributed by atoms with Crippen LogP contribution in [0.3, 0.4) is 0 Å². The maximum atomic E-state index is 5.97. The molecule has 0 aliphatic heterocycles.